The molecular weight excluding hydrogens is 366 g/mol. The Bertz CT molecular complexity index is 1140. The Hall–Kier alpha value is -2.99. The zero-order valence-electron chi connectivity index (χ0n) is 17.2. The van der Waals surface area contributed by atoms with Crippen molar-refractivity contribution in [2.45, 2.75) is 26.3 Å². The highest BCUT2D eigenvalue weighted by molar-refractivity contribution is 5.99. The second-order valence-corrected chi connectivity index (χ2v) is 7.95. The first-order valence-corrected chi connectivity index (χ1v) is 9.82. The van der Waals surface area contributed by atoms with Gasteiger partial charge >= 0.3 is 0 Å². The molecule has 3 heterocycles. The van der Waals surface area contributed by atoms with Crippen LogP contribution in [0, 0.1) is 13.8 Å². The van der Waals surface area contributed by atoms with Crippen molar-refractivity contribution in [2.24, 2.45) is 0 Å². The van der Waals surface area contributed by atoms with E-state index in [2.05, 4.69) is 9.88 Å². The molecule has 0 N–H and O–H groups in total. The average Bonchev–Trinajstić information content (AvgIpc) is 2.97. The van der Waals surface area contributed by atoms with Gasteiger partial charge in [0.2, 0.25) is 5.76 Å². The van der Waals surface area contributed by atoms with Crippen LogP contribution in [0.4, 0.5) is 0 Å². The Balaban J connectivity index is 1.89. The molecule has 0 bridgehead atoms. The molecule has 3 aromatic rings. The van der Waals surface area contributed by atoms with E-state index < -0.39 is 6.04 Å². The second-order valence-electron chi connectivity index (χ2n) is 7.95. The average molecular weight is 391 g/mol. The van der Waals surface area contributed by atoms with Crippen LogP contribution in [0.1, 0.15) is 45.3 Å². The standard InChI is InChI=1S/C23H25N3O3/c1-14-11-17-18(12-15(14)2)29-22-19(21(17)27)20(16-7-5-8-24-13-16)26(23(22)28)10-6-9-25(3)4/h5,7-8,11-13,20H,6,9-10H2,1-4H3/t20-/m1/s1. The third kappa shape index (κ3) is 3.34. The Morgan fingerprint density at radius 2 is 1.93 bits per heavy atom. The van der Waals surface area contributed by atoms with Crippen molar-refractivity contribution in [3.63, 3.8) is 0 Å². The van der Waals surface area contributed by atoms with E-state index in [-0.39, 0.29) is 17.1 Å². The lowest BCUT2D eigenvalue weighted by Gasteiger charge is -2.25. The molecule has 6 nitrogen and oxygen atoms in total. The number of carbonyl (C=O) groups is 1. The van der Waals surface area contributed by atoms with Crippen molar-refractivity contribution in [1.82, 2.24) is 14.8 Å². The summed E-state index contributed by atoms with van der Waals surface area (Å²) in [6, 6.07) is 6.95. The van der Waals surface area contributed by atoms with Gasteiger partial charge in [0.15, 0.2) is 5.43 Å². The monoisotopic (exact) mass is 391 g/mol. The number of rotatable bonds is 5. The molecule has 1 atom stereocenters. The van der Waals surface area contributed by atoms with Crippen molar-refractivity contribution in [1.29, 1.82) is 0 Å². The molecule has 0 unspecified atom stereocenters. The molecule has 0 saturated carbocycles. The fourth-order valence-corrected chi connectivity index (χ4v) is 3.95. The molecule has 0 spiro atoms. The first-order valence-electron chi connectivity index (χ1n) is 9.82. The third-order valence-electron chi connectivity index (χ3n) is 5.59. The Morgan fingerprint density at radius 1 is 1.17 bits per heavy atom. The molecule has 1 aliphatic heterocycles. The topological polar surface area (TPSA) is 66.7 Å². The van der Waals surface area contributed by atoms with Gasteiger partial charge in [0.25, 0.3) is 5.91 Å². The summed E-state index contributed by atoms with van der Waals surface area (Å²) in [4.78, 5) is 34.8. The van der Waals surface area contributed by atoms with Crippen molar-refractivity contribution < 1.29 is 9.21 Å². The van der Waals surface area contributed by atoms with E-state index in [0.717, 1.165) is 29.7 Å². The van der Waals surface area contributed by atoms with Crippen LogP contribution in [0.25, 0.3) is 11.0 Å². The number of hydrogen-bond acceptors (Lipinski definition) is 5. The SMILES string of the molecule is Cc1cc2oc3c(c(=O)c2cc1C)[C@@H](c1cccnc1)N(CCCN(C)C)C3=O. The van der Waals surface area contributed by atoms with Crippen molar-refractivity contribution in [3.8, 4) is 0 Å². The van der Waals surface area contributed by atoms with Gasteiger partial charge < -0.3 is 14.2 Å². The highest BCUT2D eigenvalue weighted by atomic mass is 16.3. The minimum absolute atomic E-state index is 0.137. The van der Waals surface area contributed by atoms with Gasteiger partial charge in [-0.15, -0.1) is 0 Å². The van der Waals surface area contributed by atoms with Gasteiger partial charge in [-0.2, -0.15) is 0 Å². The second kappa shape index (κ2) is 7.44. The number of amides is 1. The number of fused-ring (bicyclic) bond motifs is 2. The molecule has 0 saturated heterocycles. The van der Waals surface area contributed by atoms with Gasteiger partial charge in [0.1, 0.15) is 5.58 Å². The summed E-state index contributed by atoms with van der Waals surface area (Å²) in [5.74, 6) is -0.0747. The number of nitrogens with zero attached hydrogens (tertiary/aromatic N) is 3. The molecule has 1 amide bonds. The maximum absolute atomic E-state index is 13.5. The molecule has 0 radical (unpaired) electrons. The molecule has 0 aliphatic carbocycles. The quantitative estimate of drug-likeness (QED) is 0.668. The molecular formula is C23H25N3O3. The molecule has 6 heteroatoms. The van der Waals surface area contributed by atoms with Gasteiger partial charge in [-0.25, -0.2) is 0 Å². The van der Waals surface area contributed by atoms with Gasteiger partial charge in [-0.1, -0.05) is 6.07 Å². The Kier molecular flexibility index (Phi) is 4.96. The van der Waals surface area contributed by atoms with E-state index in [1.54, 1.807) is 17.3 Å². The predicted octanol–water partition coefficient (Wildman–Crippen LogP) is 3.30. The fraction of sp³-hybridized carbons (Fsp3) is 0.348. The van der Waals surface area contributed by atoms with Crippen molar-refractivity contribution in [3.05, 3.63) is 74.9 Å². The van der Waals surface area contributed by atoms with E-state index in [1.807, 2.05) is 52.2 Å². The fourth-order valence-electron chi connectivity index (χ4n) is 3.95. The van der Waals surface area contributed by atoms with Crippen LogP contribution in [0.2, 0.25) is 0 Å². The van der Waals surface area contributed by atoms with E-state index in [1.165, 1.54) is 0 Å². The van der Waals surface area contributed by atoms with Crippen LogP contribution < -0.4 is 5.43 Å². The van der Waals surface area contributed by atoms with Crippen LogP contribution in [0.3, 0.4) is 0 Å². The number of hydrogen-bond donors (Lipinski definition) is 0. The van der Waals surface area contributed by atoms with Gasteiger partial charge in [0.05, 0.1) is 17.0 Å². The number of aryl methyl sites for hydroxylation is 2. The molecule has 29 heavy (non-hydrogen) atoms. The van der Waals surface area contributed by atoms with Crippen molar-refractivity contribution in [2.75, 3.05) is 27.2 Å². The molecule has 0 fully saturated rings. The third-order valence-corrected chi connectivity index (χ3v) is 5.59. The van der Waals surface area contributed by atoms with Crippen molar-refractivity contribution >= 4 is 16.9 Å². The lowest BCUT2D eigenvalue weighted by molar-refractivity contribution is 0.0722. The predicted molar refractivity (Wildman–Crippen MR) is 112 cm³/mol. The summed E-state index contributed by atoms with van der Waals surface area (Å²) in [6.45, 7) is 5.32. The summed E-state index contributed by atoms with van der Waals surface area (Å²) < 4.78 is 6.02. The molecule has 150 valence electrons. The molecule has 2 aromatic heterocycles. The molecule has 1 aromatic carbocycles. The first kappa shape index (κ1) is 19.3. The minimum Gasteiger partial charge on any atom is -0.450 e. The van der Waals surface area contributed by atoms with E-state index in [0.29, 0.717) is 23.1 Å². The summed E-state index contributed by atoms with van der Waals surface area (Å²) in [5.41, 5.74) is 3.61. The van der Waals surface area contributed by atoms with E-state index in [9.17, 15) is 9.59 Å². The van der Waals surface area contributed by atoms with Crippen LogP contribution in [0.5, 0.6) is 0 Å². The molecule has 4 rings (SSSR count). The number of carbonyl (C=O) groups excluding carboxylic acids is 1. The summed E-state index contributed by atoms with van der Waals surface area (Å²) in [6.07, 6.45) is 4.21. The Labute approximate surface area is 169 Å². The van der Waals surface area contributed by atoms with Gasteiger partial charge in [0, 0.05) is 18.9 Å². The normalized spacial score (nSPS) is 16.1. The zero-order chi connectivity index (χ0) is 20.7. The summed E-state index contributed by atoms with van der Waals surface area (Å²) in [5, 5.41) is 0.517. The minimum atomic E-state index is -0.476. The van der Waals surface area contributed by atoms with Gasteiger partial charge in [-0.05, 0) is 75.8 Å². The van der Waals surface area contributed by atoms with E-state index >= 15 is 0 Å². The maximum atomic E-state index is 13.5. The number of benzene rings is 1. The molecule has 1 aliphatic rings. The smallest absolute Gasteiger partial charge is 0.290 e. The summed E-state index contributed by atoms with van der Waals surface area (Å²) in [7, 11) is 4.00. The van der Waals surface area contributed by atoms with Crippen LogP contribution in [-0.4, -0.2) is 47.9 Å². The largest absolute Gasteiger partial charge is 0.450 e. The highest BCUT2D eigenvalue weighted by Crippen LogP contribution is 2.38. The summed E-state index contributed by atoms with van der Waals surface area (Å²) >= 11 is 0. The number of aromatic nitrogens is 1. The maximum Gasteiger partial charge on any atom is 0.290 e. The Morgan fingerprint density at radius 3 is 2.62 bits per heavy atom. The highest BCUT2D eigenvalue weighted by Gasteiger charge is 2.42. The lowest BCUT2D eigenvalue weighted by Crippen LogP contribution is -2.32. The number of pyridine rings is 1. The van der Waals surface area contributed by atoms with Crippen LogP contribution >= 0.6 is 0 Å². The first-order chi connectivity index (χ1) is 13.9. The van der Waals surface area contributed by atoms with Gasteiger partial charge in [-0.3, -0.25) is 14.6 Å². The van der Waals surface area contributed by atoms with Crippen LogP contribution in [0.15, 0.2) is 45.9 Å². The van der Waals surface area contributed by atoms with Crippen LogP contribution in [-0.2, 0) is 0 Å². The van der Waals surface area contributed by atoms with E-state index in [4.69, 9.17) is 4.42 Å². The lowest BCUT2D eigenvalue weighted by atomic mass is 9.98. The zero-order valence-corrected chi connectivity index (χ0v) is 17.2.